The van der Waals surface area contributed by atoms with Gasteiger partial charge in [-0.2, -0.15) is 5.10 Å². The van der Waals surface area contributed by atoms with Crippen molar-refractivity contribution in [3.05, 3.63) is 107 Å². The highest BCUT2D eigenvalue weighted by atomic mass is 35.5. The second kappa shape index (κ2) is 7.19. The van der Waals surface area contributed by atoms with Gasteiger partial charge in [-0.1, -0.05) is 71.8 Å². The van der Waals surface area contributed by atoms with Crippen LogP contribution in [0.15, 0.2) is 84.9 Å². The zero-order chi connectivity index (χ0) is 17.9. The van der Waals surface area contributed by atoms with Crippen LogP contribution in [0.25, 0.3) is 16.9 Å². The molecule has 0 amide bonds. The maximum absolute atomic E-state index is 6.05. The van der Waals surface area contributed by atoms with Gasteiger partial charge < -0.3 is 0 Å². The van der Waals surface area contributed by atoms with Crippen molar-refractivity contribution in [2.75, 3.05) is 0 Å². The molecule has 3 aromatic carbocycles. The van der Waals surface area contributed by atoms with Crippen LogP contribution in [0.1, 0.15) is 16.8 Å². The van der Waals surface area contributed by atoms with Gasteiger partial charge in [-0.15, -0.1) is 0 Å². The molecule has 0 fully saturated rings. The van der Waals surface area contributed by atoms with Gasteiger partial charge in [0.25, 0.3) is 0 Å². The molecule has 0 spiro atoms. The highest BCUT2D eigenvalue weighted by Crippen LogP contribution is 2.24. The van der Waals surface area contributed by atoms with E-state index in [4.69, 9.17) is 16.7 Å². The molecular formula is C23H19ClN2. The highest BCUT2D eigenvalue weighted by molar-refractivity contribution is 6.30. The number of aromatic nitrogens is 2. The molecule has 2 nitrogen and oxygen atoms in total. The van der Waals surface area contributed by atoms with Crippen molar-refractivity contribution in [3.63, 3.8) is 0 Å². The Morgan fingerprint density at radius 1 is 0.846 bits per heavy atom. The Hall–Kier alpha value is -2.84. The Balaban J connectivity index is 1.78. The van der Waals surface area contributed by atoms with E-state index in [9.17, 15) is 0 Å². The summed E-state index contributed by atoms with van der Waals surface area (Å²) in [7, 11) is 0. The maximum Gasteiger partial charge on any atom is 0.0930 e. The van der Waals surface area contributed by atoms with Gasteiger partial charge in [0.15, 0.2) is 0 Å². The summed E-state index contributed by atoms with van der Waals surface area (Å²) < 4.78 is 2.01. The van der Waals surface area contributed by atoms with Crippen LogP contribution in [0.2, 0.25) is 5.02 Å². The van der Waals surface area contributed by atoms with Crippen LogP contribution in [0.3, 0.4) is 0 Å². The lowest BCUT2D eigenvalue weighted by molar-refractivity contribution is 0.826. The van der Waals surface area contributed by atoms with Crippen LogP contribution >= 0.6 is 11.6 Å². The summed E-state index contributed by atoms with van der Waals surface area (Å²) in [4.78, 5) is 0. The van der Waals surface area contributed by atoms with E-state index in [1.165, 1.54) is 11.1 Å². The van der Waals surface area contributed by atoms with E-state index in [-0.39, 0.29) is 0 Å². The molecule has 0 radical (unpaired) electrons. The monoisotopic (exact) mass is 358 g/mol. The van der Waals surface area contributed by atoms with Gasteiger partial charge in [0.1, 0.15) is 0 Å². The minimum absolute atomic E-state index is 0.726. The van der Waals surface area contributed by atoms with Crippen molar-refractivity contribution >= 4 is 11.6 Å². The Bertz CT molecular complexity index is 1000. The summed E-state index contributed by atoms with van der Waals surface area (Å²) in [5.41, 5.74) is 6.79. The van der Waals surface area contributed by atoms with E-state index in [2.05, 4.69) is 49.4 Å². The van der Waals surface area contributed by atoms with Crippen LogP contribution in [0, 0.1) is 6.92 Å². The number of hydrogen-bond acceptors (Lipinski definition) is 1. The lowest BCUT2D eigenvalue weighted by Crippen LogP contribution is -2.03. The van der Waals surface area contributed by atoms with E-state index in [1.807, 2.05) is 47.1 Å². The van der Waals surface area contributed by atoms with Crippen molar-refractivity contribution in [2.45, 2.75) is 13.3 Å². The molecule has 1 aromatic heterocycles. The number of nitrogens with zero attached hydrogens (tertiary/aromatic N) is 2. The molecular weight excluding hydrogens is 340 g/mol. The summed E-state index contributed by atoms with van der Waals surface area (Å²) in [6.45, 7) is 2.11. The molecule has 0 bridgehead atoms. The first-order chi connectivity index (χ1) is 12.7. The van der Waals surface area contributed by atoms with Crippen molar-refractivity contribution in [1.82, 2.24) is 9.78 Å². The molecule has 0 aliphatic carbocycles. The smallest absolute Gasteiger partial charge is 0.0930 e. The van der Waals surface area contributed by atoms with Gasteiger partial charge in [0.05, 0.1) is 11.4 Å². The number of aryl methyl sites for hydroxylation is 1. The molecule has 0 unspecified atom stereocenters. The van der Waals surface area contributed by atoms with Crippen molar-refractivity contribution in [2.24, 2.45) is 0 Å². The van der Waals surface area contributed by atoms with Crippen LogP contribution < -0.4 is 0 Å². The predicted molar refractivity (Wildman–Crippen MR) is 108 cm³/mol. The van der Waals surface area contributed by atoms with Crippen LogP contribution in [-0.4, -0.2) is 9.78 Å². The first kappa shape index (κ1) is 16.6. The van der Waals surface area contributed by atoms with Gasteiger partial charge in [-0.3, -0.25) is 0 Å². The number of hydrogen-bond donors (Lipinski definition) is 0. The SMILES string of the molecule is Cc1ccc(Cc2cc(-c3ccccc3)nn2-c2ccc(Cl)cc2)cc1. The number of benzene rings is 3. The van der Waals surface area contributed by atoms with E-state index >= 15 is 0 Å². The predicted octanol–water partition coefficient (Wildman–Crippen LogP) is 6.09. The Morgan fingerprint density at radius 3 is 2.23 bits per heavy atom. The molecule has 0 aliphatic rings. The molecule has 1 heterocycles. The maximum atomic E-state index is 6.05. The van der Waals surface area contributed by atoms with E-state index < -0.39 is 0 Å². The van der Waals surface area contributed by atoms with Crippen LogP contribution in [0.5, 0.6) is 0 Å². The Labute approximate surface area is 158 Å². The number of halogens is 1. The molecule has 26 heavy (non-hydrogen) atoms. The molecule has 0 aliphatic heterocycles. The average molecular weight is 359 g/mol. The third kappa shape index (κ3) is 3.56. The molecule has 128 valence electrons. The molecule has 0 atom stereocenters. The largest absolute Gasteiger partial charge is 0.237 e. The molecule has 4 aromatic rings. The second-order valence-corrected chi connectivity index (χ2v) is 6.87. The topological polar surface area (TPSA) is 17.8 Å². The fraction of sp³-hybridized carbons (Fsp3) is 0.0870. The summed E-state index contributed by atoms with van der Waals surface area (Å²) >= 11 is 6.05. The first-order valence-electron chi connectivity index (χ1n) is 8.65. The van der Waals surface area contributed by atoms with Gasteiger partial charge in [0, 0.05) is 22.7 Å². The Kier molecular flexibility index (Phi) is 4.59. The van der Waals surface area contributed by atoms with Crippen molar-refractivity contribution in [3.8, 4) is 16.9 Å². The standard InChI is InChI=1S/C23H19ClN2/c1-17-7-9-18(10-8-17)15-22-16-23(19-5-3-2-4-6-19)25-26(22)21-13-11-20(24)12-14-21/h2-14,16H,15H2,1H3. The Morgan fingerprint density at radius 2 is 1.54 bits per heavy atom. The first-order valence-corrected chi connectivity index (χ1v) is 9.03. The van der Waals surface area contributed by atoms with Crippen molar-refractivity contribution < 1.29 is 0 Å². The van der Waals surface area contributed by atoms with Gasteiger partial charge >= 0.3 is 0 Å². The van der Waals surface area contributed by atoms with Gasteiger partial charge in [-0.05, 0) is 42.8 Å². The average Bonchev–Trinajstić information content (AvgIpc) is 3.09. The van der Waals surface area contributed by atoms with Crippen LogP contribution in [0.4, 0.5) is 0 Å². The zero-order valence-corrected chi connectivity index (χ0v) is 15.3. The normalized spacial score (nSPS) is 10.8. The summed E-state index contributed by atoms with van der Waals surface area (Å²) in [5.74, 6) is 0. The summed E-state index contributed by atoms with van der Waals surface area (Å²) in [6, 6.07) is 28.9. The fourth-order valence-corrected chi connectivity index (χ4v) is 3.14. The van der Waals surface area contributed by atoms with E-state index in [1.54, 1.807) is 0 Å². The lowest BCUT2D eigenvalue weighted by atomic mass is 10.1. The highest BCUT2D eigenvalue weighted by Gasteiger charge is 2.12. The van der Waals surface area contributed by atoms with Crippen molar-refractivity contribution in [1.29, 1.82) is 0 Å². The van der Waals surface area contributed by atoms with Crippen LogP contribution in [-0.2, 0) is 6.42 Å². The lowest BCUT2D eigenvalue weighted by Gasteiger charge is -2.08. The van der Waals surface area contributed by atoms with Gasteiger partial charge in [0.2, 0.25) is 0 Å². The third-order valence-corrected chi connectivity index (χ3v) is 4.68. The molecule has 0 saturated carbocycles. The van der Waals surface area contributed by atoms with E-state index in [0.717, 1.165) is 34.1 Å². The minimum atomic E-state index is 0.726. The molecule has 0 N–H and O–H groups in total. The quantitative estimate of drug-likeness (QED) is 0.431. The van der Waals surface area contributed by atoms with E-state index in [0.29, 0.717) is 0 Å². The summed E-state index contributed by atoms with van der Waals surface area (Å²) in [5, 5.41) is 5.59. The molecule has 0 saturated heterocycles. The molecule has 3 heteroatoms. The van der Waals surface area contributed by atoms with Gasteiger partial charge in [-0.25, -0.2) is 4.68 Å². The second-order valence-electron chi connectivity index (χ2n) is 6.44. The number of rotatable bonds is 4. The summed E-state index contributed by atoms with van der Waals surface area (Å²) in [6.07, 6.45) is 0.822. The minimum Gasteiger partial charge on any atom is -0.237 e. The molecule has 4 rings (SSSR count). The fourth-order valence-electron chi connectivity index (χ4n) is 3.02. The third-order valence-electron chi connectivity index (χ3n) is 4.43. The zero-order valence-electron chi connectivity index (χ0n) is 14.6.